The molecule has 0 heterocycles. The molecule has 0 aliphatic carbocycles. The average molecular weight is 533 g/mol. The number of hydrogen-bond acceptors (Lipinski definition) is 10. The van der Waals surface area contributed by atoms with Gasteiger partial charge in [-0.15, -0.1) is 0 Å². The fourth-order valence-electron chi connectivity index (χ4n) is 2.74. The van der Waals surface area contributed by atoms with Gasteiger partial charge >= 0.3 is 29.8 Å². The van der Waals surface area contributed by atoms with Crippen molar-refractivity contribution in [2.45, 2.75) is 13.8 Å². The highest BCUT2D eigenvalue weighted by atomic mass is 16.6. The number of benzene rings is 2. The minimum atomic E-state index is -0.806. The highest BCUT2D eigenvalue weighted by Gasteiger charge is 2.15. The van der Waals surface area contributed by atoms with Gasteiger partial charge in [-0.05, 0) is 37.6 Å². The van der Waals surface area contributed by atoms with Gasteiger partial charge < -0.3 is 23.7 Å². The second-order valence-corrected chi connectivity index (χ2v) is 7.36. The molecule has 0 unspecified atom stereocenters. The van der Waals surface area contributed by atoms with Crippen molar-refractivity contribution < 1.29 is 47.7 Å². The van der Waals surface area contributed by atoms with Crippen LogP contribution in [0.1, 0.15) is 19.4 Å². The summed E-state index contributed by atoms with van der Waals surface area (Å²) in [5, 5.41) is 0. The van der Waals surface area contributed by atoms with E-state index in [4.69, 9.17) is 23.7 Å². The van der Waals surface area contributed by atoms with Crippen LogP contribution in [0.3, 0.4) is 0 Å². The number of carbonyl (C=O) groups excluding carboxylic acids is 5. The Bertz CT molecular complexity index is 1390. The van der Waals surface area contributed by atoms with Gasteiger partial charge in [0.15, 0.2) is 11.5 Å². The first-order chi connectivity index (χ1) is 18.6. The van der Waals surface area contributed by atoms with Gasteiger partial charge in [0.05, 0.1) is 0 Å². The van der Waals surface area contributed by atoms with Crippen molar-refractivity contribution in [2.75, 3.05) is 0 Å². The second kappa shape index (κ2) is 14.3. The lowest BCUT2D eigenvalue weighted by atomic mass is 10.1. The van der Waals surface area contributed by atoms with E-state index in [2.05, 4.69) is 19.7 Å². The summed E-state index contributed by atoms with van der Waals surface area (Å²) in [6.45, 7) is 13.0. The first-order valence-corrected chi connectivity index (χ1v) is 11.1. The third-order valence-corrected chi connectivity index (χ3v) is 4.40. The van der Waals surface area contributed by atoms with Crippen molar-refractivity contribution in [2.24, 2.45) is 0 Å². The van der Waals surface area contributed by atoms with E-state index in [-0.39, 0.29) is 34.3 Å². The minimum Gasteiger partial charge on any atom is -0.423 e. The van der Waals surface area contributed by atoms with Crippen LogP contribution in [-0.2, 0) is 24.0 Å². The van der Waals surface area contributed by atoms with Crippen LogP contribution in [0.25, 0.3) is 6.08 Å². The Morgan fingerprint density at radius 1 is 0.641 bits per heavy atom. The molecular weight excluding hydrogens is 508 g/mol. The van der Waals surface area contributed by atoms with Crippen LogP contribution in [-0.4, -0.2) is 29.8 Å². The molecule has 0 radical (unpaired) electrons. The van der Waals surface area contributed by atoms with Crippen LogP contribution in [0.15, 0.2) is 92.1 Å². The van der Waals surface area contributed by atoms with Gasteiger partial charge in [0.2, 0.25) is 0 Å². The van der Waals surface area contributed by atoms with E-state index in [9.17, 15) is 24.0 Å². The monoisotopic (exact) mass is 532 g/mol. The van der Waals surface area contributed by atoms with Crippen LogP contribution in [0.4, 0.5) is 0 Å². The number of esters is 5. The highest BCUT2D eigenvalue weighted by Crippen LogP contribution is 2.31. The Hall–Kier alpha value is -5.51. The zero-order valence-electron chi connectivity index (χ0n) is 21.1. The van der Waals surface area contributed by atoms with Gasteiger partial charge in [-0.2, -0.15) is 0 Å². The maximum atomic E-state index is 12.8. The predicted molar refractivity (Wildman–Crippen MR) is 140 cm³/mol. The molecule has 0 spiro atoms. The van der Waals surface area contributed by atoms with Crippen LogP contribution in [0.5, 0.6) is 28.7 Å². The highest BCUT2D eigenvalue weighted by molar-refractivity contribution is 5.95. The van der Waals surface area contributed by atoms with Gasteiger partial charge in [-0.25, -0.2) is 24.0 Å². The molecule has 2 rings (SSSR count). The number of allylic oxidation sites excluding steroid dienone is 1. The van der Waals surface area contributed by atoms with Crippen LogP contribution in [0.2, 0.25) is 0 Å². The van der Waals surface area contributed by atoms with E-state index in [0.29, 0.717) is 5.56 Å². The Morgan fingerprint density at radius 3 is 1.67 bits per heavy atom. The standard InChI is InChI=1S/C29H24O10/c1-6-10-28(33)36-21-15-20(35-25(30)7-2)16-22(17-21)37-29(34)18(5)13-19-11-12-23(38-26(31)8-3)24(14-19)39-27(32)9-4/h6-17H,2-4H2,1,5H3/b10-6+,18-13+. The van der Waals surface area contributed by atoms with Crippen molar-refractivity contribution in [1.29, 1.82) is 0 Å². The minimum absolute atomic E-state index is 0.0461. The van der Waals surface area contributed by atoms with E-state index in [1.54, 1.807) is 6.92 Å². The van der Waals surface area contributed by atoms with E-state index >= 15 is 0 Å². The van der Waals surface area contributed by atoms with Gasteiger partial charge in [0.25, 0.3) is 0 Å². The summed E-state index contributed by atoms with van der Waals surface area (Å²) in [7, 11) is 0. The molecule has 0 aliphatic rings. The van der Waals surface area contributed by atoms with Crippen molar-refractivity contribution in [3.8, 4) is 28.7 Å². The Labute approximate surface area is 224 Å². The smallest absolute Gasteiger partial charge is 0.339 e. The molecule has 2 aromatic rings. The zero-order chi connectivity index (χ0) is 28.9. The summed E-state index contributed by atoms with van der Waals surface area (Å²) >= 11 is 0. The number of carbonyl (C=O) groups is 5. The molecule has 10 nitrogen and oxygen atoms in total. The van der Waals surface area contributed by atoms with E-state index in [1.807, 2.05) is 0 Å². The van der Waals surface area contributed by atoms with E-state index in [1.165, 1.54) is 61.5 Å². The van der Waals surface area contributed by atoms with E-state index in [0.717, 1.165) is 18.2 Å². The summed E-state index contributed by atoms with van der Waals surface area (Å²) < 4.78 is 25.8. The van der Waals surface area contributed by atoms with E-state index < -0.39 is 29.8 Å². The molecule has 10 heteroatoms. The summed E-state index contributed by atoms with van der Waals surface area (Å²) in [6, 6.07) is 7.98. The quantitative estimate of drug-likeness (QED) is 0.232. The van der Waals surface area contributed by atoms with Crippen molar-refractivity contribution in [3.63, 3.8) is 0 Å². The molecule has 200 valence electrons. The third kappa shape index (κ3) is 9.47. The van der Waals surface area contributed by atoms with Gasteiger partial charge in [0, 0.05) is 48.1 Å². The van der Waals surface area contributed by atoms with Gasteiger partial charge in [0.1, 0.15) is 17.2 Å². The molecule has 0 saturated heterocycles. The third-order valence-electron chi connectivity index (χ3n) is 4.40. The normalized spacial score (nSPS) is 10.7. The Kier molecular flexibility index (Phi) is 10.9. The molecule has 0 aliphatic heterocycles. The van der Waals surface area contributed by atoms with Crippen molar-refractivity contribution >= 4 is 35.9 Å². The predicted octanol–water partition coefficient (Wildman–Crippen LogP) is 4.45. The molecule has 0 atom stereocenters. The van der Waals surface area contributed by atoms with Crippen LogP contribution < -0.4 is 23.7 Å². The molecule has 0 bridgehead atoms. The SMILES string of the molecule is C=CC(=O)Oc1cc(OC(=O)/C=C/C)cc(OC(=O)/C(C)=C/c2ccc(OC(=O)C=C)c(OC(=O)C=C)c2)c1. The Balaban J connectivity index is 2.35. The summed E-state index contributed by atoms with van der Waals surface area (Å²) in [5.41, 5.74) is 0.497. The number of rotatable bonds is 11. The van der Waals surface area contributed by atoms with Crippen molar-refractivity contribution in [1.82, 2.24) is 0 Å². The van der Waals surface area contributed by atoms with Crippen LogP contribution in [0, 0.1) is 0 Å². The zero-order valence-corrected chi connectivity index (χ0v) is 21.1. The van der Waals surface area contributed by atoms with Crippen molar-refractivity contribution in [3.05, 3.63) is 97.7 Å². The molecular formula is C29H24O10. The largest absolute Gasteiger partial charge is 0.423 e. The molecule has 0 aromatic heterocycles. The number of hydrogen-bond donors (Lipinski definition) is 0. The maximum absolute atomic E-state index is 12.8. The lowest BCUT2D eigenvalue weighted by Crippen LogP contribution is -2.11. The topological polar surface area (TPSA) is 132 Å². The molecule has 0 N–H and O–H groups in total. The Morgan fingerprint density at radius 2 is 1.13 bits per heavy atom. The molecule has 0 fully saturated rings. The molecule has 0 amide bonds. The van der Waals surface area contributed by atoms with Crippen LogP contribution >= 0.6 is 0 Å². The fourth-order valence-corrected chi connectivity index (χ4v) is 2.74. The summed E-state index contributed by atoms with van der Waals surface area (Å²) in [5.74, 6) is -4.21. The lowest BCUT2D eigenvalue weighted by Gasteiger charge is -2.11. The fraction of sp³-hybridized carbons (Fsp3) is 0.0690. The molecule has 2 aromatic carbocycles. The second-order valence-electron chi connectivity index (χ2n) is 7.36. The first kappa shape index (κ1) is 29.7. The molecule has 0 saturated carbocycles. The number of ether oxygens (including phenoxy) is 5. The lowest BCUT2D eigenvalue weighted by molar-refractivity contribution is -0.131. The maximum Gasteiger partial charge on any atom is 0.339 e. The molecule has 39 heavy (non-hydrogen) atoms. The average Bonchev–Trinajstić information content (AvgIpc) is 2.89. The van der Waals surface area contributed by atoms with Gasteiger partial charge in [-0.1, -0.05) is 31.9 Å². The van der Waals surface area contributed by atoms with Gasteiger partial charge in [-0.3, -0.25) is 0 Å². The summed E-state index contributed by atoms with van der Waals surface area (Å²) in [4.78, 5) is 59.6. The first-order valence-electron chi connectivity index (χ1n) is 11.1. The summed E-state index contributed by atoms with van der Waals surface area (Å²) in [6.07, 6.45) is 6.86.